The third kappa shape index (κ3) is 1.89. The maximum absolute atomic E-state index is 11.6. The first-order chi connectivity index (χ1) is 7.25. The van der Waals surface area contributed by atoms with Crippen LogP contribution in [0.1, 0.15) is 33.6 Å². The van der Waals surface area contributed by atoms with Crippen LogP contribution in [0, 0.1) is 0 Å². The maximum atomic E-state index is 11.6. The van der Waals surface area contributed by atoms with Gasteiger partial charge in [0.25, 0.3) is 0 Å². The molecule has 0 spiro atoms. The van der Waals surface area contributed by atoms with Crippen molar-refractivity contribution in [2.24, 2.45) is 0 Å². The van der Waals surface area contributed by atoms with Crippen molar-refractivity contribution in [2.45, 2.75) is 51.2 Å². The molecule has 2 aliphatic rings. The Morgan fingerprint density at radius 3 is 2.25 bits per heavy atom. The summed E-state index contributed by atoms with van der Waals surface area (Å²) in [7, 11) is -3.00. The van der Waals surface area contributed by atoms with E-state index in [4.69, 9.17) is 0 Å². The standard InChI is InChI=1S/C11H22N2O2S/c1-5-11(2,3)12-7-10-6-9(12)8-13(10)16(4,14)15/h9-10H,5-8H2,1-4H3/t9-,10-/m0/s1. The monoisotopic (exact) mass is 246 g/mol. The number of likely N-dealkylation sites (tertiary alicyclic amines) is 1. The van der Waals surface area contributed by atoms with E-state index < -0.39 is 10.0 Å². The lowest BCUT2D eigenvalue weighted by atomic mass is 9.98. The fourth-order valence-electron chi connectivity index (χ4n) is 2.98. The highest BCUT2D eigenvalue weighted by Crippen LogP contribution is 2.37. The zero-order valence-corrected chi connectivity index (χ0v) is 11.4. The summed E-state index contributed by atoms with van der Waals surface area (Å²) in [6.07, 6.45) is 3.44. The Labute approximate surface area is 98.7 Å². The molecule has 0 aliphatic carbocycles. The molecule has 2 rings (SSSR count). The van der Waals surface area contributed by atoms with Gasteiger partial charge in [0.1, 0.15) is 0 Å². The van der Waals surface area contributed by atoms with Crippen LogP contribution >= 0.6 is 0 Å². The van der Waals surface area contributed by atoms with Gasteiger partial charge in [-0.15, -0.1) is 0 Å². The summed E-state index contributed by atoms with van der Waals surface area (Å²) in [6, 6.07) is 0.639. The van der Waals surface area contributed by atoms with Crippen LogP contribution < -0.4 is 0 Å². The van der Waals surface area contributed by atoms with Crippen molar-refractivity contribution in [2.75, 3.05) is 19.3 Å². The first-order valence-electron chi connectivity index (χ1n) is 5.99. The molecule has 0 aromatic heterocycles. The molecule has 16 heavy (non-hydrogen) atoms. The average molecular weight is 246 g/mol. The maximum Gasteiger partial charge on any atom is 0.211 e. The quantitative estimate of drug-likeness (QED) is 0.742. The van der Waals surface area contributed by atoms with Gasteiger partial charge >= 0.3 is 0 Å². The fourth-order valence-corrected chi connectivity index (χ4v) is 4.12. The molecule has 2 aliphatic heterocycles. The number of sulfonamides is 1. The molecule has 2 saturated heterocycles. The molecule has 0 N–H and O–H groups in total. The van der Waals surface area contributed by atoms with Gasteiger partial charge in [-0.05, 0) is 26.7 Å². The molecule has 2 bridgehead atoms. The minimum atomic E-state index is -3.00. The minimum absolute atomic E-state index is 0.197. The normalized spacial score (nSPS) is 32.5. The number of fused-ring (bicyclic) bond motifs is 2. The first-order valence-corrected chi connectivity index (χ1v) is 7.84. The number of hydrogen-bond acceptors (Lipinski definition) is 3. The predicted octanol–water partition coefficient (Wildman–Crippen LogP) is 0.893. The lowest BCUT2D eigenvalue weighted by molar-refractivity contribution is 0.0683. The molecule has 2 heterocycles. The molecule has 5 heteroatoms. The van der Waals surface area contributed by atoms with Crippen LogP contribution in [0.4, 0.5) is 0 Å². The van der Waals surface area contributed by atoms with Gasteiger partial charge in [-0.3, -0.25) is 4.90 Å². The third-order valence-electron chi connectivity index (χ3n) is 4.26. The molecule has 2 atom stereocenters. The molecule has 2 fully saturated rings. The van der Waals surface area contributed by atoms with E-state index in [0.29, 0.717) is 12.6 Å². The van der Waals surface area contributed by atoms with E-state index >= 15 is 0 Å². The van der Waals surface area contributed by atoms with Gasteiger partial charge in [0, 0.05) is 30.7 Å². The Balaban J connectivity index is 2.12. The summed E-state index contributed by atoms with van der Waals surface area (Å²) in [5.74, 6) is 0. The van der Waals surface area contributed by atoms with Crippen molar-refractivity contribution in [3.63, 3.8) is 0 Å². The van der Waals surface area contributed by atoms with Crippen LogP contribution in [0.15, 0.2) is 0 Å². The van der Waals surface area contributed by atoms with Crippen LogP contribution in [0.25, 0.3) is 0 Å². The molecule has 4 nitrogen and oxygen atoms in total. The smallest absolute Gasteiger partial charge is 0.211 e. The summed E-state index contributed by atoms with van der Waals surface area (Å²) < 4.78 is 24.8. The van der Waals surface area contributed by atoms with Gasteiger partial charge < -0.3 is 0 Å². The van der Waals surface area contributed by atoms with Gasteiger partial charge in [-0.1, -0.05) is 6.92 Å². The minimum Gasteiger partial charge on any atom is -0.292 e. The molecule has 0 aromatic carbocycles. The SMILES string of the molecule is CCC(C)(C)N1C[C@@H]2C[C@H]1CN2S(C)(=O)=O. The summed E-state index contributed by atoms with van der Waals surface area (Å²) in [4.78, 5) is 2.49. The lowest BCUT2D eigenvalue weighted by Crippen LogP contribution is -2.55. The highest BCUT2D eigenvalue weighted by Gasteiger charge is 2.50. The Hall–Kier alpha value is -0.130. The zero-order valence-electron chi connectivity index (χ0n) is 10.6. The third-order valence-corrected chi connectivity index (χ3v) is 5.56. The molecule has 94 valence electrons. The van der Waals surface area contributed by atoms with Crippen molar-refractivity contribution in [1.29, 1.82) is 0 Å². The Bertz CT molecular complexity index is 377. The molecule has 0 aromatic rings. The molecular weight excluding hydrogens is 224 g/mol. The van der Waals surface area contributed by atoms with Crippen LogP contribution in [-0.4, -0.2) is 54.6 Å². The van der Waals surface area contributed by atoms with Crippen molar-refractivity contribution in [1.82, 2.24) is 9.21 Å². The van der Waals surface area contributed by atoms with Crippen molar-refractivity contribution in [3.8, 4) is 0 Å². The summed E-state index contributed by atoms with van der Waals surface area (Å²) >= 11 is 0. The summed E-state index contributed by atoms with van der Waals surface area (Å²) in [5, 5.41) is 0. The molecular formula is C11H22N2O2S. The predicted molar refractivity (Wildman–Crippen MR) is 64.8 cm³/mol. The zero-order chi connectivity index (χ0) is 12.1. The van der Waals surface area contributed by atoms with Crippen LogP contribution in [0.2, 0.25) is 0 Å². The molecule has 0 radical (unpaired) electrons. The van der Waals surface area contributed by atoms with Crippen molar-refractivity contribution < 1.29 is 8.42 Å². The van der Waals surface area contributed by atoms with E-state index in [9.17, 15) is 8.42 Å². The largest absolute Gasteiger partial charge is 0.292 e. The van der Waals surface area contributed by atoms with Gasteiger partial charge in [0.2, 0.25) is 10.0 Å². The van der Waals surface area contributed by atoms with Crippen molar-refractivity contribution in [3.05, 3.63) is 0 Å². The number of rotatable bonds is 3. The van der Waals surface area contributed by atoms with E-state index in [1.165, 1.54) is 6.26 Å². The summed E-state index contributed by atoms with van der Waals surface area (Å²) in [6.45, 7) is 8.28. The van der Waals surface area contributed by atoms with Gasteiger partial charge in [-0.2, -0.15) is 4.31 Å². The number of nitrogens with zero attached hydrogens (tertiary/aromatic N) is 2. The van der Waals surface area contributed by atoms with Gasteiger partial charge in [-0.25, -0.2) is 8.42 Å². The highest BCUT2D eigenvalue weighted by atomic mass is 32.2. The van der Waals surface area contributed by atoms with E-state index in [0.717, 1.165) is 19.4 Å². The Kier molecular flexibility index (Phi) is 2.84. The Morgan fingerprint density at radius 2 is 1.88 bits per heavy atom. The average Bonchev–Trinajstić information content (AvgIpc) is 2.74. The second kappa shape index (κ2) is 3.68. The number of piperazine rings is 1. The Morgan fingerprint density at radius 1 is 1.25 bits per heavy atom. The van der Waals surface area contributed by atoms with E-state index in [1.54, 1.807) is 4.31 Å². The second-order valence-corrected chi connectivity index (χ2v) is 7.63. The van der Waals surface area contributed by atoms with Crippen LogP contribution in [-0.2, 0) is 10.0 Å². The van der Waals surface area contributed by atoms with Gasteiger partial charge in [0.05, 0.1) is 6.26 Å². The number of hydrogen-bond donors (Lipinski definition) is 0. The van der Waals surface area contributed by atoms with Gasteiger partial charge in [0.15, 0.2) is 0 Å². The second-order valence-electron chi connectivity index (χ2n) is 5.69. The van der Waals surface area contributed by atoms with Crippen LogP contribution in [0.5, 0.6) is 0 Å². The first kappa shape index (κ1) is 12.3. The van der Waals surface area contributed by atoms with E-state index in [1.807, 2.05) is 0 Å². The topological polar surface area (TPSA) is 40.6 Å². The summed E-state index contributed by atoms with van der Waals surface area (Å²) in [5.41, 5.74) is 0.197. The van der Waals surface area contributed by atoms with E-state index in [2.05, 4.69) is 25.7 Å². The molecule has 0 saturated carbocycles. The fraction of sp³-hybridized carbons (Fsp3) is 1.00. The van der Waals surface area contributed by atoms with Crippen molar-refractivity contribution >= 4 is 10.0 Å². The molecule has 0 amide bonds. The highest BCUT2D eigenvalue weighted by molar-refractivity contribution is 7.88. The molecule has 0 unspecified atom stereocenters. The lowest BCUT2D eigenvalue weighted by Gasteiger charge is -2.43. The van der Waals surface area contributed by atoms with Crippen LogP contribution in [0.3, 0.4) is 0 Å². The van der Waals surface area contributed by atoms with E-state index in [-0.39, 0.29) is 11.6 Å².